The molecule has 4 saturated carbocycles. The standard InChI is InChI=1S/C34H49N3O5/c1-19(9-10-24(38)18-42-32(41)30-20(2)7-6-8-21(30)3)25-11-12-26-31-27(17-29(40)34(25,26)5)33(4)14-13-23(36-37-35)15-22(33)16-28(31)39/h6-8,19,22-23,25-29,31,39-40H,9-18H2,1-5H3/t19-,22+,23-,25-,26+,27+,28-,29+,31+,33+,34-/m1/s1. The van der Waals surface area contributed by atoms with Crippen molar-refractivity contribution in [3.8, 4) is 0 Å². The van der Waals surface area contributed by atoms with E-state index in [1.54, 1.807) is 0 Å². The van der Waals surface area contributed by atoms with Crippen molar-refractivity contribution in [1.29, 1.82) is 0 Å². The van der Waals surface area contributed by atoms with Crippen LogP contribution in [-0.2, 0) is 9.53 Å². The van der Waals surface area contributed by atoms with Crippen molar-refractivity contribution in [2.24, 2.45) is 51.5 Å². The fraction of sp³-hybridized carbons (Fsp3) is 0.765. The zero-order chi connectivity index (χ0) is 30.4. The van der Waals surface area contributed by atoms with Crippen LogP contribution in [0.4, 0.5) is 0 Å². The largest absolute Gasteiger partial charge is 0.454 e. The number of aryl methyl sites for hydroxylation is 2. The second kappa shape index (κ2) is 11.9. The minimum absolute atomic E-state index is 0.00474. The van der Waals surface area contributed by atoms with Crippen LogP contribution in [0, 0.1) is 60.2 Å². The SMILES string of the molecule is Cc1cccc(C)c1C(=O)OCC(=O)CC[C@@H](C)[C@H]1CC[C@H]2[C@@H]3[C@H](O)C[C@@H]4C[C@H](N=[N+]=[N-])CC[C@]4(C)[C@H]3C[C@H](O)[C@]12C. The molecule has 8 nitrogen and oxygen atoms in total. The molecular weight excluding hydrogens is 530 g/mol. The Bertz CT molecular complexity index is 1230. The fourth-order valence-corrected chi connectivity index (χ4v) is 10.3. The van der Waals surface area contributed by atoms with E-state index in [1.807, 2.05) is 32.0 Å². The van der Waals surface area contributed by atoms with Crippen LogP contribution in [0.2, 0.25) is 0 Å². The van der Waals surface area contributed by atoms with E-state index in [0.29, 0.717) is 30.7 Å². The maximum atomic E-state index is 12.8. The summed E-state index contributed by atoms with van der Waals surface area (Å²) in [6.45, 7) is 10.3. The van der Waals surface area contributed by atoms with Crippen molar-refractivity contribution in [1.82, 2.24) is 0 Å². The third kappa shape index (κ3) is 5.28. The Kier molecular flexibility index (Phi) is 8.82. The van der Waals surface area contributed by atoms with Crippen molar-refractivity contribution in [2.75, 3.05) is 6.61 Å². The second-order valence-corrected chi connectivity index (χ2v) is 14.6. The number of benzene rings is 1. The molecule has 8 heteroatoms. The molecule has 0 spiro atoms. The van der Waals surface area contributed by atoms with Crippen LogP contribution >= 0.6 is 0 Å². The molecule has 5 rings (SSSR count). The molecule has 0 aromatic heterocycles. The van der Waals surface area contributed by atoms with Gasteiger partial charge in [0.2, 0.25) is 0 Å². The van der Waals surface area contributed by atoms with Gasteiger partial charge in [0.05, 0.1) is 17.8 Å². The number of azide groups is 1. The number of esters is 1. The first-order valence-electron chi connectivity index (χ1n) is 16.1. The van der Waals surface area contributed by atoms with Gasteiger partial charge in [-0.1, -0.05) is 44.1 Å². The molecule has 0 radical (unpaired) electrons. The Morgan fingerprint density at radius 2 is 1.81 bits per heavy atom. The smallest absolute Gasteiger partial charge is 0.339 e. The first-order valence-corrected chi connectivity index (χ1v) is 16.1. The van der Waals surface area contributed by atoms with Gasteiger partial charge in [-0.25, -0.2) is 4.79 Å². The van der Waals surface area contributed by atoms with E-state index in [1.165, 1.54) is 0 Å². The van der Waals surface area contributed by atoms with E-state index < -0.39 is 18.2 Å². The number of ketones is 1. The molecule has 42 heavy (non-hydrogen) atoms. The molecule has 2 N–H and O–H groups in total. The van der Waals surface area contributed by atoms with E-state index in [4.69, 9.17) is 10.3 Å². The van der Waals surface area contributed by atoms with Gasteiger partial charge in [-0.3, -0.25) is 4.79 Å². The summed E-state index contributed by atoms with van der Waals surface area (Å²) in [7, 11) is 0. The number of hydrogen-bond donors (Lipinski definition) is 2. The number of nitrogens with zero attached hydrogens (tertiary/aromatic N) is 3. The molecule has 0 aliphatic heterocycles. The molecule has 0 heterocycles. The quantitative estimate of drug-likeness (QED) is 0.153. The number of Topliss-reactive ketones (excluding diaryl/α,β-unsaturated/α-hetero) is 1. The van der Waals surface area contributed by atoms with Gasteiger partial charge >= 0.3 is 5.97 Å². The monoisotopic (exact) mass is 579 g/mol. The highest BCUT2D eigenvalue weighted by Gasteiger charge is 2.65. The normalized spacial score (nSPS) is 39.7. The molecule has 0 saturated heterocycles. The number of carbonyl (C=O) groups is 2. The van der Waals surface area contributed by atoms with E-state index in [0.717, 1.165) is 49.7 Å². The molecule has 0 bridgehead atoms. The van der Waals surface area contributed by atoms with Crippen molar-refractivity contribution >= 4 is 11.8 Å². The van der Waals surface area contributed by atoms with Gasteiger partial charge in [-0.05, 0) is 128 Å². The average Bonchev–Trinajstić information content (AvgIpc) is 3.30. The Labute approximate surface area is 250 Å². The summed E-state index contributed by atoms with van der Waals surface area (Å²) in [6, 6.07) is 5.64. The highest BCUT2D eigenvalue weighted by molar-refractivity contribution is 5.94. The van der Waals surface area contributed by atoms with Gasteiger partial charge in [0, 0.05) is 17.4 Å². The lowest BCUT2D eigenvalue weighted by Crippen LogP contribution is -2.62. The number of hydrogen-bond acceptors (Lipinski definition) is 6. The minimum Gasteiger partial charge on any atom is -0.454 e. The molecule has 1 aromatic rings. The summed E-state index contributed by atoms with van der Waals surface area (Å²) >= 11 is 0. The molecular formula is C34H49N3O5. The van der Waals surface area contributed by atoms with Crippen molar-refractivity contribution < 1.29 is 24.5 Å². The fourth-order valence-electron chi connectivity index (χ4n) is 10.3. The number of aliphatic hydroxyl groups excluding tert-OH is 2. The maximum Gasteiger partial charge on any atom is 0.339 e. The van der Waals surface area contributed by atoms with Crippen LogP contribution in [0.15, 0.2) is 23.3 Å². The summed E-state index contributed by atoms with van der Waals surface area (Å²) in [5.41, 5.74) is 10.9. The van der Waals surface area contributed by atoms with Crippen LogP contribution in [-0.4, -0.2) is 46.8 Å². The van der Waals surface area contributed by atoms with Gasteiger partial charge in [0.1, 0.15) is 6.61 Å². The van der Waals surface area contributed by atoms with Crippen LogP contribution in [0.3, 0.4) is 0 Å². The maximum absolute atomic E-state index is 12.8. The summed E-state index contributed by atoms with van der Waals surface area (Å²) in [4.78, 5) is 28.5. The van der Waals surface area contributed by atoms with E-state index in [9.17, 15) is 19.8 Å². The van der Waals surface area contributed by atoms with Gasteiger partial charge in [0.25, 0.3) is 0 Å². The summed E-state index contributed by atoms with van der Waals surface area (Å²) in [5, 5.41) is 27.4. The Morgan fingerprint density at radius 1 is 1.10 bits per heavy atom. The highest BCUT2D eigenvalue weighted by atomic mass is 16.5. The summed E-state index contributed by atoms with van der Waals surface area (Å²) in [5.74, 6) is 0.938. The van der Waals surface area contributed by atoms with Crippen LogP contribution in [0.25, 0.3) is 10.4 Å². The summed E-state index contributed by atoms with van der Waals surface area (Å²) in [6.07, 6.45) is 6.27. The third-order valence-corrected chi connectivity index (χ3v) is 12.7. The van der Waals surface area contributed by atoms with Gasteiger partial charge < -0.3 is 14.9 Å². The van der Waals surface area contributed by atoms with Crippen LogP contribution in [0.1, 0.15) is 100 Å². The summed E-state index contributed by atoms with van der Waals surface area (Å²) < 4.78 is 5.40. The van der Waals surface area contributed by atoms with Gasteiger partial charge in [-0.2, -0.15) is 0 Å². The van der Waals surface area contributed by atoms with E-state index in [-0.39, 0.29) is 58.9 Å². The van der Waals surface area contributed by atoms with Crippen molar-refractivity contribution in [3.63, 3.8) is 0 Å². The van der Waals surface area contributed by atoms with E-state index in [2.05, 4.69) is 30.8 Å². The molecule has 4 fully saturated rings. The van der Waals surface area contributed by atoms with Crippen LogP contribution in [0.5, 0.6) is 0 Å². The number of fused-ring (bicyclic) bond motifs is 5. The van der Waals surface area contributed by atoms with Gasteiger partial charge in [0.15, 0.2) is 5.78 Å². The Hall–Kier alpha value is -2.41. The number of rotatable bonds is 8. The van der Waals surface area contributed by atoms with Crippen LogP contribution < -0.4 is 0 Å². The molecule has 230 valence electrons. The lowest BCUT2D eigenvalue weighted by molar-refractivity contribution is -0.202. The lowest BCUT2D eigenvalue weighted by atomic mass is 9.43. The Morgan fingerprint density at radius 3 is 2.50 bits per heavy atom. The molecule has 1 aromatic carbocycles. The predicted octanol–water partition coefficient (Wildman–Crippen LogP) is 6.73. The average molecular weight is 580 g/mol. The second-order valence-electron chi connectivity index (χ2n) is 14.6. The molecule has 4 aliphatic rings. The van der Waals surface area contributed by atoms with E-state index >= 15 is 0 Å². The van der Waals surface area contributed by atoms with Gasteiger partial charge in [-0.15, -0.1) is 0 Å². The first kappa shape index (κ1) is 31.0. The third-order valence-electron chi connectivity index (χ3n) is 12.7. The predicted molar refractivity (Wildman–Crippen MR) is 161 cm³/mol. The van der Waals surface area contributed by atoms with Crippen molar-refractivity contribution in [2.45, 2.75) is 111 Å². The Balaban J connectivity index is 1.22. The topological polar surface area (TPSA) is 133 Å². The first-order chi connectivity index (χ1) is 19.9. The van der Waals surface area contributed by atoms with Crippen molar-refractivity contribution in [3.05, 3.63) is 45.3 Å². The number of ether oxygens (including phenoxy) is 1. The zero-order valence-corrected chi connectivity index (χ0v) is 26.0. The number of carbonyl (C=O) groups excluding carboxylic acids is 2. The highest BCUT2D eigenvalue weighted by Crippen LogP contribution is 2.68. The molecule has 11 atom stereocenters. The number of aliphatic hydroxyl groups is 2. The molecule has 0 unspecified atom stereocenters. The molecule has 0 amide bonds. The molecule has 4 aliphatic carbocycles. The minimum atomic E-state index is -0.453. The zero-order valence-electron chi connectivity index (χ0n) is 26.0. The lowest BCUT2D eigenvalue weighted by Gasteiger charge is -2.63.